The molecule has 114 valence electrons. The van der Waals surface area contributed by atoms with Crippen LogP contribution in [0.4, 0.5) is 10.8 Å². The van der Waals surface area contributed by atoms with Crippen LogP contribution in [0.2, 0.25) is 0 Å². The van der Waals surface area contributed by atoms with Crippen LogP contribution in [0.5, 0.6) is 0 Å². The number of nitrogens with one attached hydrogen (secondary N) is 1. The van der Waals surface area contributed by atoms with Crippen LogP contribution in [-0.2, 0) is 9.59 Å². The van der Waals surface area contributed by atoms with E-state index in [-0.39, 0.29) is 24.2 Å². The maximum absolute atomic E-state index is 12.3. The van der Waals surface area contributed by atoms with Crippen LogP contribution < -0.4 is 10.2 Å². The Morgan fingerprint density at radius 3 is 2.91 bits per heavy atom. The molecule has 2 amide bonds. The van der Waals surface area contributed by atoms with Gasteiger partial charge < -0.3 is 10.2 Å². The van der Waals surface area contributed by atoms with Crippen LogP contribution in [0.25, 0.3) is 0 Å². The molecule has 22 heavy (non-hydrogen) atoms. The molecule has 0 bridgehead atoms. The number of carbonyl (C=O) groups excluding carboxylic acids is 2. The van der Waals surface area contributed by atoms with Gasteiger partial charge in [-0.2, -0.15) is 0 Å². The molecule has 1 N–H and O–H groups in total. The highest BCUT2D eigenvalue weighted by Gasteiger charge is 2.35. The number of aryl methyl sites for hydroxylation is 2. The molecule has 3 heterocycles. The SMILES string of the molecule is Cc1nc(NC(=O)C2CC(=O)N(c3cccnc3)C2)sc1C. The lowest BCUT2D eigenvalue weighted by molar-refractivity contribution is -0.122. The smallest absolute Gasteiger partial charge is 0.231 e. The molecule has 1 saturated heterocycles. The Balaban J connectivity index is 1.69. The molecule has 2 aromatic rings. The lowest BCUT2D eigenvalue weighted by Gasteiger charge is -2.15. The molecule has 0 aromatic carbocycles. The average molecular weight is 316 g/mol. The van der Waals surface area contributed by atoms with E-state index in [9.17, 15) is 9.59 Å². The molecule has 0 aliphatic carbocycles. The number of anilines is 2. The first-order chi connectivity index (χ1) is 10.5. The summed E-state index contributed by atoms with van der Waals surface area (Å²) in [6, 6.07) is 3.59. The number of nitrogens with zero attached hydrogens (tertiary/aromatic N) is 3. The van der Waals surface area contributed by atoms with Gasteiger partial charge in [0.25, 0.3) is 0 Å². The molecule has 1 aliphatic rings. The van der Waals surface area contributed by atoms with Crippen LogP contribution >= 0.6 is 11.3 Å². The zero-order valence-corrected chi connectivity index (χ0v) is 13.2. The van der Waals surface area contributed by atoms with Gasteiger partial charge in [0.15, 0.2) is 5.13 Å². The van der Waals surface area contributed by atoms with E-state index < -0.39 is 0 Å². The third-order valence-electron chi connectivity index (χ3n) is 3.71. The third-order valence-corrected chi connectivity index (χ3v) is 4.70. The van der Waals surface area contributed by atoms with Crippen molar-refractivity contribution in [3.63, 3.8) is 0 Å². The summed E-state index contributed by atoms with van der Waals surface area (Å²) in [7, 11) is 0. The maximum Gasteiger partial charge on any atom is 0.231 e. The number of hydrogen-bond acceptors (Lipinski definition) is 5. The van der Waals surface area contributed by atoms with Crippen LogP contribution in [0, 0.1) is 19.8 Å². The summed E-state index contributed by atoms with van der Waals surface area (Å²) < 4.78 is 0. The minimum absolute atomic E-state index is 0.0559. The monoisotopic (exact) mass is 316 g/mol. The molecule has 7 heteroatoms. The zero-order valence-electron chi connectivity index (χ0n) is 12.4. The van der Waals surface area contributed by atoms with Crippen molar-refractivity contribution in [2.45, 2.75) is 20.3 Å². The summed E-state index contributed by atoms with van der Waals surface area (Å²) >= 11 is 1.45. The number of thiazole rings is 1. The average Bonchev–Trinajstić information content (AvgIpc) is 3.03. The number of pyridine rings is 1. The van der Waals surface area contributed by atoms with Gasteiger partial charge in [-0.3, -0.25) is 14.6 Å². The lowest BCUT2D eigenvalue weighted by Crippen LogP contribution is -2.28. The molecule has 1 aliphatic heterocycles. The first-order valence-electron chi connectivity index (χ1n) is 7.00. The van der Waals surface area contributed by atoms with Crippen molar-refractivity contribution in [1.29, 1.82) is 0 Å². The summed E-state index contributed by atoms with van der Waals surface area (Å²) in [6.07, 6.45) is 3.50. The molecule has 0 radical (unpaired) electrons. The Bertz CT molecular complexity index is 694. The first-order valence-corrected chi connectivity index (χ1v) is 7.81. The zero-order chi connectivity index (χ0) is 15.7. The second-order valence-electron chi connectivity index (χ2n) is 5.27. The number of rotatable bonds is 3. The number of amides is 2. The normalized spacial score (nSPS) is 17.8. The van der Waals surface area contributed by atoms with E-state index >= 15 is 0 Å². The summed E-state index contributed by atoms with van der Waals surface area (Å²) in [5.41, 5.74) is 1.64. The van der Waals surface area contributed by atoms with Gasteiger partial charge in [0, 0.05) is 24.0 Å². The highest BCUT2D eigenvalue weighted by Crippen LogP contribution is 2.26. The number of hydrogen-bond donors (Lipinski definition) is 1. The third kappa shape index (κ3) is 2.85. The van der Waals surface area contributed by atoms with Crippen molar-refractivity contribution in [3.8, 4) is 0 Å². The number of carbonyl (C=O) groups is 2. The molecule has 2 aromatic heterocycles. The fourth-order valence-corrected chi connectivity index (χ4v) is 3.20. The van der Waals surface area contributed by atoms with Crippen molar-refractivity contribution in [2.24, 2.45) is 5.92 Å². The van der Waals surface area contributed by atoms with Crippen molar-refractivity contribution in [3.05, 3.63) is 35.1 Å². The fraction of sp³-hybridized carbons (Fsp3) is 0.333. The molecular formula is C15H16N4O2S. The summed E-state index contributed by atoms with van der Waals surface area (Å²) in [6.45, 7) is 4.25. The van der Waals surface area contributed by atoms with Crippen molar-refractivity contribution in [2.75, 3.05) is 16.8 Å². The Labute approximate surface area is 132 Å². The molecule has 1 atom stereocenters. The fourth-order valence-electron chi connectivity index (χ4n) is 2.38. The van der Waals surface area contributed by atoms with Crippen LogP contribution in [0.3, 0.4) is 0 Å². The van der Waals surface area contributed by atoms with Gasteiger partial charge in [0.05, 0.1) is 23.5 Å². The molecular weight excluding hydrogens is 300 g/mol. The summed E-state index contributed by atoms with van der Waals surface area (Å²) in [4.78, 5) is 35.4. The van der Waals surface area contributed by atoms with E-state index in [0.29, 0.717) is 11.7 Å². The van der Waals surface area contributed by atoms with Gasteiger partial charge in [-0.05, 0) is 26.0 Å². The molecule has 1 unspecified atom stereocenters. The van der Waals surface area contributed by atoms with Gasteiger partial charge in [0.1, 0.15) is 0 Å². The Morgan fingerprint density at radius 1 is 1.45 bits per heavy atom. The topological polar surface area (TPSA) is 75.2 Å². The van der Waals surface area contributed by atoms with E-state index in [4.69, 9.17) is 0 Å². The minimum atomic E-state index is -0.364. The minimum Gasteiger partial charge on any atom is -0.310 e. The van der Waals surface area contributed by atoms with Crippen LogP contribution in [0.1, 0.15) is 17.0 Å². The van der Waals surface area contributed by atoms with Crippen molar-refractivity contribution >= 4 is 34.0 Å². The van der Waals surface area contributed by atoms with E-state index in [1.54, 1.807) is 23.4 Å². The van der Waals surface area contributed by atoms with E-state index in [1.807, 2.05) is 19.9 Å². The van der Waals surface area contributed by atoms with Gasteiger partial charge >= 0.3 is 0 Å². The Hall–Kier alpha value is -2.28. The number of aromatic nitrogens is 2. The van der Waals surface area contributed by atoms with Gasteiger partial charge in [-0.15, -0.1) is 11.3 Å². The Morgan fingerprint density at radius 2 is 2.27 bits per heavy atom. The molecule has 0 spiro atoms. The molecule has 1 fully saturated rings. The quantitative estimate of drug-likeness (QED) is 0.941. The van der Waals surface area contributed by atoms with E-state index in [2.05, 4.69) is 15.3 Å². The molecule has 6 nitrogen and oxygen atoms in total. The lowest BCUT2D eigenvalue weighted by atomic mass is 10.1. The summed E-state index contributed by atoms with van der Waals surface area (Å²) in [5.74, 6) is -0.578. The van der Waals surface area contributed by atoms with Crippen molar-refractivity contribution in [1.82, 2.24) is 9.97 Å². The molecule has 3 rings (SSSR count). The van der Waals surface area contributed by atoms with Gasteiger partial charge in [0.2, 0.25) is 11.8 Å². The second-order valence-corrected chi connectivity index (χ2v) is 6.47. The van der Waals surface area contributed by atoms with Crippen molar-refractivity contribution < 1.29 is 9.59 Å². The van der Waals surface area contributed by atoms with Gasteiger partial charge in [-0.25, -0.2) is 4.98 Å². The largest absolute Gasteiger partial charge is 0.310 e. The second kappa shape index (κ2) is 5.84. The predicted octanol–water partition coefficient (Wildman–Crippen LogP) is 2.15. The van der Waals surface area contributed by atoms with E-state index in [0.717, 1.165) is 16.3 Å². The van der Waals surface area contributed by atoms with Gasteiger partial charge in [-0.1, -0.05) is 0 Å². The predicted molar refractivity (Wildman–Crippen MR) is 84.9 cm³/mol. The maximum atomic E-state index is 12.3. The first kappa shape index (κ1) is 14.6. The Kier molecular flexibility index (Phi) is 3.89. The summed E-state index contributed by atoms with van der Waals surface area (Å²) in [5, 5.41) is 3.40. The highest BCUT2D eigenvalue weighted by atomic mass is 32.1. The van der Waals surface area contributed by atoms with Crippen LogP contribution in [-0.4, -0.2) is 28.3 Å². The van der Waals surface area contributed by atoms with Crippen LogP contribution in [0.15, 0.2) is 24.5 Å². The standard InChI is InChI=1S/C15H16N4O2S/c1-9-10(2)22-15(17-9)18-14(21)11-6-13(20)19(8-11)12-4-3-5-16-7-12/h3-5,7,11H,6,8H2,1-2H3,(H,17,18,21). The molecule has 0 saturated carbocycles. The highest BCUT2D eigenvalue weighted by molar-refractivity contribution is 7.15. The van der Waals surface area contributed by atoms with E-state index in [1.165, 1.54) is 11.3 Å².